The summed E-state index contributed by atoms with van der Waals surface area (Å²) in [5, 5.41) is 12.1. The highest BCUT2D eigenvalue weighted by molar-refractivity contribution is 7.17. The molecule has 12 heteroatoms. The van der Waals surface area contributed by atoms with Crippen molar-refractivity contribution in [1.82, 2.24) is 9.78 Å². The number of rotatable bonds is 5. The third-order valence-electron chi connectivity index (χ3n) is 7.51. The highest BCUT2D eigenvalue weighted by Crippen LogP contribution is 2.46. The predicted molar refractivity (Wildman–Crippen MR) is 146 cm³/mol. The lowest BCUT2D eigenvalue weighted by Crippen LogP contribution is -2.35. The maximum Gasteiger partial charge on any atom is 0.410 e. The van der Waals surface area contributed by atoms with Gasteiger partial charge in [0, 0.05) is 22.2 Å². The molecule has 0 spiro atoms. The van der Waals surface area contributed by atoms with E-state index in [4.69, 9.17) is 4.74 Å². The minimum absolute atomic E-state index is 0.0910. The van der Waals surface area contributed by atoms with Crippen molar-refractivity contribution < 1.29 is 27.5 Å². The van der Waals surface area contributed by atoms with E-state index in [1.54, 1.807) is 19.1 Å². The first-order valence-corrected chi connectivity index (χ1v) is 14.7. The molecule has 1 aliphatic carbocycles. The maximum atomic E-state index is 14.0. The molecule has 1 amide bonds. The first kappa shape index (κ1) is 27.7. The van der Waals surface area contributed by atoms with E-state index in [0.717, 1.165) is 32.8 Å². The van der Waals surface area contributed by atoms with Crippen LogP contribution in [0, 0.1) is 11.3 Å². The van der Waals surface area contributed by atoms with Crippen LogP contribution in [0.2, 0.25) is 0 Å². The highest BCUT2D eigenvalue weighted by atomic mass is 32.1. The SMILES string of the molecule is CCOC(=O)c1c(NC(=O)c2cc3n(n2)[C@@H](C(F)(F)F)C[C@H](c2cccs2)N3)sc2c1CC[C@@H](C(C)(C)C)C2. The lowest BCUT2D eigenvalue weighted by Gasteiger charge is -2.33. The summed E-state index contributed by atoms with van der Waals surface area (Å²) in [6, 6.07) is 2.49. The van der Waals surface area contributed by atoms with Crippen molar-refractivity contribution in [2.45, 2.75) is 71.6 Å². The van der Waals surface area contributed by atoms with Crippen LogP contribution in [0.3, 0.4) is 0 Å². The highest BCUT2D eigenvalue weighted by Gasteiger charge is 2.47. The van der Waals surface area contributed by atoms with Crippen molar-refractivity contribution >= 4 is 45.4 Å². The van der Waals surface area contributed by atoms with Crippen molar-refractivity contribution in [2.75, 3.05) is 17.2 Å². The summed E-state index contributed by atoms with van der Waals surface area (Å²) >= 11 is 2.71. The fourth-order valence-corrected chi connectivity index (χ4v) is 7.46. The molecular formula is C27H31F3N4O3S2. The molecule has 3 atom stereocenters. The minimum atomic E-state index is -4.54. The van der Waals surface area contributed by atoms with Crippen LogP contribution in [-0.2, 0) is 17.6 Å². The fraction of sp³-hybridized carbons (Fsp3) is 0.519. The van der Waals surface area contributed by atoms with Crippen LogP contribution in [-0.4, -0.2) is 34.4 Å². The molecule has 210 valence electrons. The van der Waals surface area contributed by atoms with E-state index in [1.807, 2.05) is 5.38 Å². The molecule has 3 aromatic rings. The van der Waals surface area contributed by atoms with E-state index in [1.165, 1.54) is 28.7 Å². The van der Waals surface area contributed by atoms with Crippen molar-refractivity contribution in [3.8, 4) is 0 Å². The predicted octanol–water partition coefficient (Wildman–Crippen LogP) is 7.25. The smallest absolute Gasteiger partial charge is 0.410 e. The number of alkyl halides is 3. The van der Waals surface area contributed by atoms with Gasteiger partial charge in [-0.3, -0.25) is 4.79 Å². The van der Waals surface area contributed by atoms with E-state index in [2.05, 4.69) is 36.5 Å². The molecule has 3 aromatic heterocycles. The summed E-state index contributed by atoms with van der Waals surface area (Å²) in [7, 11) is 0. The van der Waals surface area contributed by atoms with Gasteiger partial charge in [-0.15, -0.1) is 22.7 Å². The summed E-state index contributed by atoms with van der Waals surface area (Å²) in [6.45, 7) is 8.48. The molecule has 7 nitrogen and oxygen atoms in total. The number of hydrogen-bond donors (Lipinski definition) is 2. The molecule has 0 radical (unpaired) electrons. The zero-order chi connectivity index (χ0) is 28.1. The van der Waals surface area contributed by atoms with Gasteiger partial charge in [-0.2, -0.15) is 18.3 Å². The van der Waals surface area contributed by atoms with Gasteiger partial charge in [0.1, 0.15) is 10.8 Å². The van der Waals surface area contributed by atoms with E-state index in [-0.39, 0.29) is 30.0 Å². The third-order valence-corrected chi connectivity index (χ3v) is 9.66. The van der Waals surface area contributed by atoms with Gasteiger partial charge in [0.2, 0.25) is 0 Å². The van der Waals surface area contributed by atoms with E-state index < -0.39 is 30.1 Å². The molecule has 0 unspecified atom stereocenters. The first-order chi connectivity index (χ1) is 18.4. The Morgan fingerprint density at radius 1 is 1.28 bits per heavy atom. The summed E-state index contributed by atoms with van der Waals surface area (Å²) in [6.07, 6.45) is -2.39. The van der Waals surface area contributed by atoms with Gasteiger partial charge in [-0.1, -0.05) is 26.8 Å². The number of carbonyl (C=O) groups is 2. The molecule has 2 aliphatic rings. The number of carbonyl (C=O) groups excluding carboxylic acids is 2. The Morgan fingerprint density at radius 3 is 2.69 bits per heavy atom. The lowest BCUT2D eigenvalue weighted by molar-refractivity contribution is -0.173. The largest absolute Gasteiger partial charge is 0.462 e. The molecule has 1 aliphatic heterocycles. The number of esters is 1. The molecule has 4 heterocycles. The number of nitrogens with one attached hydrogen (secondary N) is 2. The fourth-order valence-electron chi connectivity index (χ4n) is 5.36. The monoisotopic (exact) mass is 580 g/mol. The van der Waals surface area contributed by atoms with Crippen molar-refractivity contribution in [2.24, 2.45) is 11.3 Å². The second-order valence-electron chi connectivity index (χ2n) is 11.1. The second kappa shape index (κ2) is 10.3. The molecule has 0 saturated carbocycles. The van der Waals surface area contributed by atoms with Gasteiger partial charge in [-0.25, -0.2) is 9.48 Å². The Hall–Kier alpha value is -2.86. The van der Waals surface area contributed by atoms with Crippen molar-refractivity contribution in [3.05, 3.63) is 50.2 Å². The topological polar surface area (TPSA) is 85.2 Å². The number of anilines is 2. The molecule has 0 fully saturated rings. The van der Waals surface area contributed by atoms with Gasteiger partial charge in [0.15, 0.2) is 11.7 Å². The minimum Gasteiger partial charge on any atom is -0.462 e. The maximum absolute atomic E-state index is 14.0. The average molecular weight is 581 g/mol. The molecule has 39 heavy (non-hydrogen) atoms. The Kier molecular flexibility index (Phi) is 7.30. The molecule has 0 saturated heterocycles. The summed E-state index contributed by atoms with van der Waals surface area (Å²) in [5.41, 5.74) is 1.15. The second-order valence-corrected chi connectivity index (χ2v) is 13.1. The number of nitrogens with zero attached hydrogens (tertiary/aromatic N) is 2. The van der Waals surface area contributed by atoms with Gasteiger partial charge in [0.25, 0.3) is 5.91 Å². The summed E-state index contributed by atoms with van der Waals surface area (Å²) < 4.78 is 48.2. The number of thiophene rings is 2. The molecule has 0 bridgehead atoms. The van der Waals surface area contributed by atoms with Crippen LogP contribution in [0.25, 0.3) is 0 Å². The number of halogens is 3. The number of amides is 1. The first-order valence-electron chi connectivity index (χ1n) is 13.0. The third kappa shape index (κ3) is 5.45. The van der Waals surface area contributed by atoms with Gasteiger partial charge in [-0.05, 0) is 54.5 Å². The van der Waals surface area contributed by atoms with Gasteiger partial charge in [0.05, 0.1) is 18.2 Å². The lowest BCUT2D eigenvalue weighted by atomic mass is 9.72. The van der Waals surface area contributed by atoms with Crippen LogP contribution in [0.5, 0.6) is 0 Å². The van der Waals surface area contributed by atoms with Crippen molar-refractivity contribution in [3.63, 3.8) is 0 Å². The van der Waals surface area contributed by atoms with Crippen LogP contribution < -0.4 is 10.6 Å². The standard InChI is InChI=1S/C27H31F3N4O3S2/c1-5-37-25(36)22-15-9-8-14(26(2,3)4)11-19(15)39-24(22)32-23(35)17-13-21-31-16(18-7-6-10-38-18)12-20(27(28,29)30)34(21)33-17/h6-7,10,13-14,16,20,31H,5,8-9,11-12H2,1-4H3,(H,32,35)/t14-,16-,20-/m1/s1. The number of hydrogen-bond acceptors (Lipinski definition) is 7. The van der Waals surface area contributed by atoms with Crippen LogP contribution in [0.4, 0.5) is 24.0 Å². The number of ether oxygens (including phenoxy) is 1. The normalized spacial score (nSPS) is 21.1. The zero-order valence-electron chi connectivity index (χ0n) is 22.1. The number of aromatic nitrogens is 2. The Labute approximate surface area is 232 Å². The number of fused-ring (bicyclic) bond motifs is 2. The van der Waals surface area contributed by atoms with Crippen LogP contribution in [0.15, 0.2) is 23.6 Å². The average Bonchev–Trinajstić information content (AvgIpc) is 3.59. The summed E-state index contributed by atoms with van der Waals surface area (Å²) in [4.78, 5) is 28.1. The van der Waals surface area contributed by atoms with Crippen LogP contribution in [0.1, 0.15) is 88.8 Å². The molecule has 2 N–H and O–H groups in total. The Balaban J connectivity index is 1.45. The van der Waals surface area contributed by atoms with Gasteiger partial charge < -0.3 is 15.4 Å². The molecule has 0 aromatic carbocycles. The van der Waals surface area contributed by atoms with E-state index in [0.29, 0.717) is 22.9 Å². The Morgan fingerprint density at radius 2 is 2.05 bits per heavy atom. The Bertz CT molecular complexity index is 1370. The molecular weight excluding hydrogens is 549 g/mol. The van der Waals surface area contributed by atoms with Crippen molar-refractivity contribution in [1.29, 1.82) is 0 Å². The molecule has 5 rings (SSSR count). The van der Waals surface area contributed by atoms with Gasteiger partial charge >= 0.3 is 12.1 Å². The van der Waals surface area contributed by atoms with Crippen LogP contribution >= 0.6 is 22.7 Å². The summed E-state index contributed by atoms with van der Waals surface area (Å²) in [5.74, 6) is -0.648. The van der Waals surface area contributed by atoms with E-state index in [9.17, 15) is 22.8 Å². The van der Waals surface area contributed by atoms with E-state index >= 15 is 0 Å². The zero-order valence-corrected chi connectivity index (χ0v) is 23.8. The quantitative estimate of drug-likeness (QED) is 0.311.